The van der Waals surface area contributed by atoms with Crippen molar-refractivity contribution in [3.8, 4) is 23.2 Å². The van der Waals surface area contributed by atoms with Crippen molar-refractivity contribution < 1.29 is 22.7 Å². The Bertz CT molecular complexity index is 1410. The molecule has 4 aromatic rings. The minimum atomic E-state index is -3.88. The summed E-state index contributed by atoms with van der Waals surface area (Å²) in [6, 6.07) is 11.0. The summed E-state index contributed by atoms with van der Waals surface area (Å²) in [6.07, 6.45) is 1.15. The van der Waals surface area contributed by atoms with E-state index in [0.717, 1.165) is 35.1 Å². The van der Waals surface area contributed by atoms with Crippen LogP contribution in [0.3, 0.4) is 0 Å². The highest BCUT2D eigenvalue weighted by Gasteiger charge is 2.59. The second-order valence-corrected chi connectivity index (χ2v) is 7.47. The molecule has 6 nitrogen and oxygen atoms in total. The van der Waals surface area contributed by atoms with Crippen LogP contribution in [0.1, 0.15) is 22.4 Å². The van der Waals surface area contributed by atoms with Gasteiger partial charge in [-0.15, -0.1) is 5.10 Å². The van der Waals surface area contributed by atoms with Crippen LogP contribution in [0.15, 0.2) is 60.8 Å². The SMILES string of the molecule is OC1(C(F)(F)c2ccc(C#Cc3ccc(F)cc3)cn2)Cn2nnnc2-c2cc(F)ccc21. The summed E-state index contributed by atoms with van der Waals surface area (Å²) in [5.74, 6) is 0.666. The number of hydrogen-bond donors (Lipinski definition) is 1. The van der Waals surface area contributed by atoms with Gasteiger partial charge in [-0.1, -0.05) is 17.9 Å². The van der Waals surface area contributed by atoms with Crippen molar-refractivity contribution in [3.05, 3.63) is 94.8 Å². The first-order valence-electron chi connectivity index (χ1n) is 9.69. The molecule has 10 heteroatoms. The van der Waals surface area contributed by atoms with Crippen LogP contribution in [0.2, 0.25) is 0 Å². The second kappa shape index (κ2) is 7.50. The maximum atomic E-state index is 15.7. The molecule has 0 fully saturated rings. The van der Waals surface area contributed by atoms with Gasteiger partial charge in [0.05, 0.1) is 6.54 Å². The van der Waals surface area contributed by atoms with Crippen molar-refractivity contribution in [1.29, 1.82) is 0 Å². The molecule has 1 aliphatic rings. The highest BCUT2D eigenvalue weighted by molar-refractivity contribution is 5.64. The number of tetrazole rings is 1. The van der Waals surface area contributed by atoms with Gasteiger partial charge < -0.3 is 5.11 Å². The summed E-state index contributed by atoms with van der Waals surface area (Å²) in [5, 5.41) is 22.1. The van der Waals surface area contributed by atoms with Crippen molar-refractivity contribution in [2.24, 2.45) is 0 Å². The number of nitrogens with zero attached hydrogens (tertiary/aromatic N) is 5. The first-order valence-corrected chi connectivity index (χ1v) is 9.69. The number of pyridine rings is 1. The molecule has 1 unspecified atom stereocenters. The molecule has 0 bridgehead atoms. The van der Waals surface area contributed by atoms with Gasteiger partial charge in [-0.05, 0) is 59.0 Å². The van der Waals surface area contributed by atoms with Crippen LogP contribution in [0.25, 0.3) is 11.4 Å². The van der Waals surface area contributed by atoms with E-state index in [2.05, 4.69) is 32.4 Å². The first kappa shape index (κ1) is 20.8. The number of hydrogen-bond acceptors (Lipinski definition) is 5. The van der Waals surface area contributed by atoms with Gasteiger partial charge in [0.15, 0.2) is 11.4 Å². The Labute approximate surface area is 184 Å². The van der Waals surface area contributed by atoms with Crippen LogP contribution in [0, 0.1) is 23.5 Å². The van der Waals surface area contributed by atoms with Crippen LogP contribution >= 0.6 is 0 Å². The standard InChI is InChI=1S/C23H13F4N5O/c24-16-6-3-14(4-7-16)1-2-15-5-10-20(28-12-15)23(26,27)22(33)13-32-21(29-30-31-32)18-11-17(25)8-9-19(18)22/h3-12,33H,13H2. The number of aromatic nitrogens is 5. The molecule has 0 aliphatic carbocycles. The van der Waals surface area contributed by atoms with E-state index < -0.39 is 35.4 Å². The van der Waals surface area contributed by atoms with Crippen LogP contribution in [-0.2, 0) is 18.1 Å². The maximum absolute atomic E-state index is 15.7. The van der Waals surface area contributed by atoms with Crippen molar-refractivity contribution >= 4 is 0 Å². The third-order valence-corrected chi connectivity index (χ3v) is 5.38. The zero-order valence-electron chi connectivity index (χ0n) is 16.7. The maximum Gasteiger partial charge on any atom is 0.323 e. The van der Waals surface area contributed by atoms with E-state index in [4.69, 9.17) is 0 Å². The third kappa shape index (κ3) is 3.43. The predicted molar refractivity (Wildman–Crippen MR) is 108 cm³/mol. The zero-order chi connectivity index (χ0) is 23.2. The fourth-order valence-corrected chi connectivity index (χ4v) is 3.68. The summed E-state index contributed by atoms with van der Waals surface area (Å²) in [6.45, 7) is -0.658. The minimum Gasteiger partial charge on any atom is -0.377 e. The summed E-state index contributed by atoms with van der Waals surface area (Å²) in [4.78, 5) is 3.82. The highest BCUT2D eigenvalue weighted by atomic mass is 19.3. The molecule has 33 heavy (non-hydrogen) atoms. The molecule has 0 amide bonds. The largest absolute Gasteiger partial charge is 0.377 e. The second-order valence-electron chi connectivity index (χ2n) is 7.47. The van der Waals surface area contributed by atoms with E-state index in [1.807, 2.05) is 0 Å². The molecule has 0 radical (unpaired) electrons. The molecule has 2 aromatic carbocycles. The lowest BCUT2D eigenvalue weighted by Crippen LogP contribution is -2.49. The van der Waals surface area contributed by atoms with Crippen LogP contribution in [0.5, 0.6) is 0 Å². The lowest BCUT2D eigenvalue weighted by Gasteiger charge is -2.39. The van der Waals surface area contributed by atoms with Gasteiger partial charge in [-0.2, -0.15) is 8.78 Å². The summed E-state index contributed by atoms with van der Waals surface area (Å²) >= 11 is 0. The molecule has 2 aromatic heterocycles. The quantitative estimate of drug-likeness (QED) is 0.374. The number of rotatable bonds is 2. The molecular formula is C23H13F4N5O. The van der Waals surface area contributed by atoms with Gasteiger partial charge in [0.2, 0.25) is 0 Å². The minimum absolute atomic E-state index is 0.0322. The molecule has 1 N–H and O–H groups in total. The van der Waals surface area contributed by atoms with Crippen molar-refractivity contribution in [2.75, 3.05) is 0 Å². The summed E-state index contributed by atoms with van der Waals surface area (Å²) in [5.41, 5.74) is -2.84. The Balaban J connectivity index is 1.51. The topological polar surface area (TPSA) is 76.7 Å². The molecule has 0 saturated heterocycles. The van der Waals surface area contributed by atoms with Gasteiger partial charge in [0, 0.05) is 28.5 Å². The average Bonchev–Trinajstić information content (AvgIpc) is 3.27. The molecule has 3 heterocycles. The third-order valence-electron chi connectivity index (χ3n) is 5.38. The van der Waals surface area contributed by atoms with E-state index in [1.54, 1.807) is 0 Å². The van der Waals surface area contributed by atoms with Gasteiger partial charge in [0.25, 0.3) is 0 Å². The van der Waals surface area contributed by atoms with Gasteiger partial charge >= 0.3 is 5.92 Å². The van der Waals surface area contributed by atoms with Gasteiger partial charge in [0.1, 0.15) is 17.3 Å². The van der Waals surface area contributed by atoms with E-state index in [9.17, 15) is 13.9 Å². The Morgan fingerprint density at radius 2 is 1.64 bits per heavy atom. The lowest BCUT2D eigenvalue weighted by molar-refractivity contribution is -0.207. The average molecular weight is 451 g/mol. The Morgan fingerprint density at radius 1 is 0.939 bits per heavy atom. The van der Waals surface area contributed by atoms with E-state index in [-0.39, 0.29) is 17.0 Å². The van der Waals surface area contributed by atoms with Crippen LogP contribution in [0.4, 0.5) is 17.6 Å². The predicted octanol–water partition coefficient (Wildman–Crippen LogP) is 3.41. The van der Waals surface area contributed by atoms with Crippen molar-refractivity contribution in [1.82, 2.24) is 25.2 Å². The van der Waals surface area contributed by atoms with Gasteiger partial charge in [-0.25, -0.2) is 13.5 Å². The number of benzene rings is 2. The van der Waals surface area contributed by atoms with E-state index in [0.29, 0.717) is 11.1 Å². The van der Waals surface area contributed by atoms with Crippen LogP contribution in [-0.4, -0.2) is 30.3 Å². The number of aliphatic hydroxyl groups is 1. The zero-order valence-corrected chi connectivity index (χ0v) is 16.7. The van der Waals surface area contributed by atoms with Crippen molar-refractivity contribution in [3.63, 3.8) is 0 Å². The fraction of sp³-hybridized carbons (Fsp3) is 0.130. The molecular weight excluding hydrogens is 438 g/mol. The lowest BCUT2D eigenvalue weighted by atomic mass is 9.80. The molecule has 0 spiro atoms. The first-order chi connectivity index (χ1) is 15.8. The molecule has 1 atom stereocenters. The van der Waals surface area contributed by atoms with E-state index in [1.165, 1.54) is 30.3 Å². The van der Waals surface area contributed by atoms with Crippen LogP contribution < -0.4 is 0 Å². The molecule has 0 saturated carbocycles. The van der Waals surface area contributed by atoms with Gasteiger partial charge in [-0.3, -0.25) is 4.98 Å². The normalized spacial score (nSPS) is 17.0. The Hall–Kier alpha value is -4.10. The Kier molecular flexibility index (Phi) is 4.72. The summed E-state index contributed by atoms with van der Waals surface area (Å²) in [7, 11) is 0. The number of alkyl halides is 2. The number of halogens is 4. The smallest absolute Gasteiger partial charge is 0.323 e. The summed E-state index contributed by atoms with van der Waals surface area (Å²) < 4.78 is 59.2. The molecule has 5 rings (SSSR count). The monoisotopic (exact) mass is 451 g/mol. The highest BCUT2D eigenvalue weighted by Crippen LogP contribution is 2.50. The Morgan fingerprint density at radius 3 is 2.36 bits per heavy atom. The van der Waals surface area contributed by atoms with Crippen molar-refractivity contribution in [2.45, 2.75) is 18.1 Å². The molecule has 1 aliphatic heterocycles. The fourth-order valence-electron chi connectivity index (χ4n) is 3.68. The molecule has 164 valence electrons. The number of fused-ring (bicyclic) bond motifs is 3. The van der Waals surface area contributed by atoms with E-state index >= 15 is 8.78 Å².